The number of benzene rings is 2. The molecule has 2 aliphatic heterocycles. The van der Waals surface area contributed by atoms with Gasteiger partial charge in [-0.05, 0) is 56.0 Å². The maximum Gasteiger partial charge on any atom is 0.247 e. The minimum atomic E-state index is -0.736. The lowest BCUT2D eigenvalue weighted by molar-refractivity contribution is -0.151. The van der Waals surface area contributed by atoms with E-state index in [9.17, 15) is 9.90 Å². The molecule has 0 spiro atoms. The van der Waals surface area contributed by atoms with Crippen molar-refractivity contribution in [1.82, 2.24) is 4.90 Å². The Hall–Kier alpha value is -2.99. The molecule has 1 amide bonds. The molecule has 2 aromatic carbocycles. The molecule has 6 heteroatoms. The Labute approximate surface area is 194 Å². The summed E-state index contributed by atoms with van der Waals surface area (Å²) in [6.45, 7) is 3.26. The molecule has 5 rings (SSSR count). The second kappa shape index (κ2) is 9.10. The van der Waals surface area contributed by atoms with Gasteiger partial charge in [-0.1, -0.05) is 37.1 Å². The maximum absolute atomic E-state index is 13.5. The van der Waals surface area contributed by atoms with Crippen LogP contribution in [-0.2, 0) is 4.79 Å². The molecule has 1 saturated heterocycles. The van der Waals surface area contributed by atoms with Gasteiger partial charge in [-0.15, -0.1) is 0 Å². The second-order valence-corrected chi connectivity index (χ2v) is 9.10. The molecule has 2 fully saturated rings. The number of aliphatic hydroxyl groups is 1. The average molecular weight is 450 g/mol. The van der Waals surface area contributed by atoms with Gasteiger partial charge in [0.05, 0.1) is 18.2 Å². The Balaban J connectivity index is 1.46. The SMILES string of the molecule is CCOc1ccccc1[C@H]1C2CCCCC2(O)CCN1C(=O)C=Cc1ccc2c(c1)OCO2. The molecule has 6 nitrogen and oxygen atoms in total. The van der Waals surface area contributed by atoms with E-state index < -0.39 is 5.60 Å². The maximum atomic E-state index is 13.5. The molecule has 33 heavy (non-hydrogen) atoms. The van der Waals surface area contributed by atoms with Gasteiger partial charge in [-0.3, -0.25) is 4.79 Å². The van der Waals surface area contributed by atoms with Crippen LogP contribution in [0.2, 0.25) is 0 Å². The standard InChI is InChI=1S/C27H31NO5/c1-2-31-22-9-4-3-7-20(22)26-21-8-5-6-14-27(21,30)15-16-28(26)25(29)13-11-19-10-12-23-24(17-19)33-18-32-23/h3-4,7,9-13,17,21,26,30H,2,5-6,8,14-16,18H2,1H3/t21?,26-,27?/m0/s1. The Bertz CT molecular complexity index is 1050. The minimum absolute atomic E-state index is 0.00972. The van der Waals surface area contributed by atoms with E-state index >= 15 is 0 Å². The zero-order valence-electron chi connectivity index (χ0n) is 19.0. The highest BCUT2D eigenvalue weighted by atomic mass is 16.7. The molecule has 3 aliphatic rings. The topological polar surface area (TPSA) is 68.2 Å². The van der Waals surface area contributed by atoms with Crippen LogP contribution in [0.1, 0.15) is 56.2 Å². The zero-order valence-corrected chi connectivity index (χ0v) is 19.0. The third-order valence-electron chi connectivity index (χ3n) is 7.20. The number of piperidine rings is 1. The Morgan fingerprint density at radius 3 is 2.91 bits per heavy atom. The number of carbonyl (C=O) groups is 1. The van der Waals surface area contributed by atoms with Gasteiger partial charge in [0, 0.05) is 24.1 Å². The van der Waals surface area contributed by atoms with Gasteiger partial charge >= 0.3 is 0 Å². The zero-order chi connectivity index (χ0) is 22.8. The van der Waals surface area contributed by atoms with Crippen LogP contribution < -0.4 is 14.2 Å². The highest BCUT2D eigenvalue weighted by Gasteiger charge is 2.50. The quantitative estimate of drug-likeness (QED) is 0.669. The van der Waals surface area contributed by atoms with Crippen molar-refractivity contribution in [3.05, 3.63) is 59.7 Å². The summed E-state index contributed by atoms with van der Waals surface area (Å²) in [6.07, 6.45) is 7.84. The van der Waals surface area contributed by atoms with Crippen molar-refractivity contribution in [3.8, 4) is 17.2 Å². The molecule has 0 aromatic heterocycles. The van der Waals surface area contributed by atoms with Crippen molar-refractivity contribution in [2.45, 2.75) is 50.7 Å². The largest absolute Gasteiger partial charge is 0.494 e. The molecule has 2 heterocycles. The van der Waals surface area contributed by atoms with Crippen LogP contribution in [0.4, 0.5) is 0 Å². The van der Waals surface area contributed by atoms with E-state index in [-0.39, 0.29) is 24.7 Å². The lowest BCUT2D eigenvalue weighted by Crippen LogP contribution is -2.56. The Morgan fingerprint density at radius 1 is 1.18 bits per heavy atom. The highest BCUT2D eigenvalue weighted by Crippen LogP contribution is 2.51. The minimum Gasteiger partial charge on any atom is -0.494 e. The van der Waals surface area contributed by atoms with Gasteiger partial charge in [0.15, 0.2) is 11.5 Å². The number of ether oxygens (including phenoxy) is 3. The Morgan fingerprint density at radius 2 is 2.03 bits per heavy atom. The van der Waals surface area contributed by atoms with Crippen LogP contribution in [0.15, 0.2) is 48.5 Å². The summed E-state index contributed by atoms with van der Waals surface area (Å²) in [6, 6.07) is 13.4. The number of carbonyl (C=O) groups excluding carboxylic acids is 1. The second-order valence-electron chi connectivity index (χ2n) is 9.10. The summed E-state index contributed by atoms with van der Waals surface area (Å²) in [7, 11) is 0. The number of hydrogen-bond acceptors (Lipinski definition) is 5. The monoisotopic (exact) mass is 449 g/mol. The smallest absolute Gasteiger partial charge is 0.247 e. The summed E-state index contributed by atoms with van der Waals surface area (Å²) in [5.41, 5.74) is 1.12. The van der Waals surface area contributed by atoms with Crippen molar-refractivity contribution in [2.75, 3.05) is 19.9 Å². The first-order valence-electron chi connectivity index (χ1n) is 11.9. The van der Waals surface area contributed by atoms with E-state index in [1.807, 2.05) is 60.4 Å². The highest BCUT2D eigenvalue weighted by molar-refractivity contribution is 5.92. The fourth-order valence-electron chi connectivity index (χ4n) is 5.61. The number of para-hydroxylation sites is 1. The van der Waals surface area contributed by atoms with E-state index in [0.29, 0.717) is 25.3 Å². The number of fused-ring (bicyclic) bond motifs is 2. The summed E-state index contributed by atoms with van der Waals surface area (Å²) in [4.78, 5) is 15.4. The lowest BCUT2D eigenvalue weighted by atomic mass is 9.66. The first-order valence-corrected chi connectivity index (χ1v) is 11.9. The number of likely N-dealkylation sites (tertiary alicyclic amines) is 1. The van der Waals surface area contributed by atoms with E-state index in [1.54, 1.807) is 6.08 Å². The molecular formula is C27H31NO5. The molecule has 1 saturated carbocycles. The molecule has 0 bridgehead atoms. The van der Waals surface area contributed by atoms with Gasteiger partial charge in [0.1, 0.15) is 5.75 Å². The first kappa shape index (κ1) is 21.8. The summed E-state index contributed by atoms with van der Waals surface area (Å²) >= 11 is 0. The molecular weight excluding hydrogens is 418 g/mol. The Kier molecular flexibility index (Phi) is 6.02. The van der Waals surface area contributed by atoms with Gasteiger partial charge in [0.25, 0.3) is 0 Å². The number of amides is 1. The van der Waals surface area contributed by atoms with Crippen molar-refractivity contribution in [2.24, 2.45) is 5.92 Å². The first-order chi connectivity index (χ1) is 16.1. The predicted molar refractivity (Wildman–Crippen MR) is 125 cm³/mol. The van der Waals surface area contributed by atoms with Crippen molar-refractivity contribution >= 4 is 12.0 Å². The molecule has 1 aliphatic carbocycles. The van der Waals surface area contributed by atoms with Gasteiger partial charge in [0.2, 0.25) is 12.7 Å². The van der Waals surface area contributed by atoms with Crippen molar-refractivity contribution in [1.29, 1.82) is 0 Å². The molecule has 2 aromatic rings. The van der Waals surface area contributed by atoms with Crippen molar-refractivity contribution < 1.29 is 24.1 Å². The predicted octanol–water partition coefficient (Wildman–Crippen LogP) is 4.72. The van der Waals surface area contributed by atoms with E-state index in [4.69, 9.17) is 14.2 Å². The normalized spacial score (nSPS) is 26.3. The molecule has 2 unspecified atom stereocenters. The summed E-state index contributed by atoms with van der Waals surface area (Å²) in [5, 5.41) is 11.5. The molecule has 174 valence electrons. The number of hydrogen-bond donors (Lipinski definition) is 1. The fourth-order valence-corrected chi connectivity index (χ4v) is 5.61. The van der Waals surface area contributed by atoms with E-state index in [2.05, 4.69) is 0 Å². The molecule has 3 atom stereocenters. The van der Waals surface area contributed by atoms with E-state index in [0.717, 1.165) is 48.3 Å². The number of nitrogens with zero attached hydrogens (tertiary/aromatic N) is 1. The fraction of sp³-hybridized carbons (Fsp3) is 0.444. The average Bonchev–Trinajstić information content (AvgIpc) is 3.30. The van der Waals surface area contributed by atoms with Crippen LogP contribution in [0.5, 0.6) is 17.2 Å². The van der Waals surface area contributed by atoms with Crippen LogP contribution in [0, 0.1) is 5.92 Å². The van der Waals surface area contributed by atoms with Gasteiger partial charge < -0.3 is 24.2 Å². The summed E-state index contributed by atoms with van der Waals surface area (Å²) in [5.74, 6) is 2.13. The molecule has 1 N–H and O–H groups in total. The van der Waals surface area contributed by atoms with Crippen molar-refractivity contribution in [3.63, 3.8) is 0 Å². The number of rotatable bonds is 5. The third kappa shape index (κ3) is 4.20. The third-order valence-corrected chi connectivity index (χ3v) is 7.20. The van der Waals surface area contributed by atoms with Gasteiger partial charge in [-0.2, -0.15) is 0 Å². The van der Waals surface area contributed by atoms with E-state index in [1.165, 1.54) is 0 Å². The van der Waals surface area contributed by atoms with Crippen LogP contribution in [0.25, 0.3) is 6.08 Å². The summed E-state index contributed by atoms with van der Waals surface area (Å²) < 4.78 is 16.8. The van der Waals surface area contributed by atoms with Crippen LogP contribution in [0.3, 0.4) is 0 Å². The van der Waals surface area contributed by atoms with Crippen LogP contribution in [-0.4, -0.2) is 41.5 Å². The lowest BCUT2D eigenvalue weighted by Gasteiger charge is -2.52. The van der Waals surface area contributed by atoms with Crippen LogP contribution >= 0.6 is 0 Å². The molecule has 0 radical (unpaired) electrons. The van der Waals surface area contributed by atoms with Gasteiger partial charge in [-0.25, -0.2) is 0 Å².